The molecule has 1 atom stereocenters. The van der Waals surface area contributed by atoms with E-state index in [0.29, 0.717) is 18.2 Å². The van der Waals surface area contributed by atoms with Crippen molar-refractivity contribution in [2.24, 2.45) is 5.92 Å². The SMILES string of the molecule is C=CCCCN1CC(C=C)CCC1=O. The molecule has 0 bridgehead atoms. The molecular formula is C12H19NO. The second-order valence-electron chi connectivity index (χ2n) is 3.81. The summed E-state index contributed by atoms with van der Waals surface area (Å²) in [5.41, 5.74) is 0. The highest BCUT2D eigenvalue weighted by Crippen LogP contribution is 2.18. The minimum Gasteiger partial charge on any atom is -0.342 e. The number of likely N-dealkylation sites (tertiary alicyclic amines) is 1. The number of hydrogen-bond donors (Lipinski definition) is 0. The van der Waals surface area contributed by atoms with Gasteiger partial charge in [-0.05, 0) is 25.2 Å². The van der Waals surface area contributed by atoms with Gasteiger partial charge in [0.05, 0.1) is 0 Å². The number of piperidine rings is 1. The van der Waals surface area contributed by atoms with Crippen molar-refractivity contribution in [2.75, 3.05) is 13.1 Å². The van der Waals surface area contributed by atoms with E-state index in [1.165, 1.54) is 0 Å². The molecule has 2 heteroatoms. The van der Waals surface area contributed by atoms with E-state index in [1.807, 2.05) is 17.1 Å². The molecule has 1 unspecified atom stereocenters. The molecule has 0 aromatic rings. The Morgan fingerprint density at radius 3 is 2.93 bits per heavy atom. The van der Waals surface area contributed by atoms with Crippen LogP contribution in [0, 0.1) is 5.92 Å². The number of unbranched alkanes of at least 4 members (excludes halogenated alkanes) is 1. The average Bonchev–Trinajstić information content (AvgIpc) is 2.21. The van der Waals surface area contributed by atoms with Gasteiger partial charge in [-0.2, -0.15) is 0 Å². The maximum atomic E-state index is 11.5. The van der Waals surface area contributed by atoms with Gasteiger partial charge in [0.2, 0.25) is 5.91 Å². The van der Waals surface area contributed by atoms with Crippen LogP contribution in [0.15, 0.2) is 25.3 Å². The molecular weight excluding hydrogens is 174 g/mol. The molecule has 14 heavy (non-hydrogen) atoms. The zero-order valence-corrected chi connectivity index (χ0v) is 8.74. The predicted octanol–water partition coefficient (Wildman–Crippen LogP) is 2.38. The molecule has 1 fully saturated rings. The molecule has 1 amide bonds. The van der Waals surface area contributed by atoms with Gasteiger partial charge in [-0.15, -0.1) is 13.2 Å². The first-order chi connectivity index (χ1) is 6.77. The molecule has 0 spiro atoms. The number of nitrogens with zero attached hydrogens (tertiary/aromatic N) is 1. The van der Waals surface area contributed by atoms with E-state index in [2.05, 4.69) is 13.2 Å². The summed E-state index contributed by atoms with van der Waals surface area (Å²) in [7, 11) is 0. The Labute approximate surface area is 86.3 Å². The van der Waals surface area contributed by atoms with Gasteiger partial charge in [0, 0.05) is 19.5 Å². The molecule has 1 heterocycles. The van der Waals surface area contributed by atoms with Crippen molar-refractivity contribution in [3.05, 3.63) is 25.3 Å². The molecule has 0 aromatic heterocycles. The monoisotopic (exact) mass is 193 g/mol. The maximum absolute atomic E-state index is 11.5. The summed E-state index contributed by atoms with van der Waals surface area (Å²) in [4.78, 5) is 13.5. The summed E-state index contributed by atoms with van der Waals surface area (Å²) in [6, 6.07) is 0. The Morgan fingerprint density at radius 2 is 2.29 bits per heavy atom. The molecule has 0 N–H and O–H groups in total. The fourth-order valence-corrected chi connectivity index (χ4v) is 1.78. The highest BCUT2D eigenvalue weighted by molar-refractivity contribution is 5.77. The van der Waals surface area contributed by atoms with Crippen LogP contribution in [0.2, 0.25) is 0 Å². The topological polar surface area (TPSA) is 20.3 Å². The van der Waals surface area contributed by atoms with Crippen LogP contribution < -0.4 is 0 Å². The number of rotatable bonds is 5. The molecule has 1 saturated heterocycles. The first kappa shape index (κ1) is 11.0. The zero-order chi connectivity index (χ0) is 10.4. The van der Waals surface area contributed by atoms with Gasteiger partial charge in [0.25, 0.3) is 0 Å². The van der Waals surface area contributed by atoms with Crippen LogP contribution in [0.25, 0.3) is 0 Å². The average molecular weight is 193 g/mol. The van der Waals surface area contributed by atoms with Gasteiger partial charge in [-0.1, -0.05) is 12.2 Å². The quantitative estimate of drug-likeness (QED) is 0.485. The Balaban J connectivity index is 2.36. The number of carbonyl (C=O) groups is 1. The van der Waals surface area contributed by atoms with Gasteiger partial charge in [0.1, 0.15) is 0 Å². The lowest BCUT2D eigenvalue weighted by Crippen LogP contribution is -2.39. The minimum atomic E-state index is 0.298. The highest BCUT2D eigenvalue weighted by Gasteiger charge is 2.22. The van der Waals surface area contributed by atoms with Crippen molar-refractivity contribution in [2.45, 2.75) is 25.7 Å². The maximum Gasteiger partial charge on any atom is 0.222 e. The van der Waals surface area contributed by atoms with E-state index >= 15 is 0 Å². The minimum absolute atomic E-state index is 0.298. The zero-order valence-electron chi connectivity index (χ0n) is 8.74. The van der Waals surface area contributed by atoms with E-state index in [9.17, 15) is 4.79 Å². The summed E-state index contributed by atoms with van der Waals surface area (Å²) in [5.74, 6) is 0.795. The lowest BCUT2D eigenvalue weighted by atomic mass is 9.97. The van der Waals surface area contributed by atoms with E-state index in [1.54, 1.807) is 0 Å². The third kappa shape index (κ3) is 3.02. The number of amides is 1. The summed E-state index contributed by atoms with van der Waals surface area (Å²) >= 11 is 0. The molecule has 0 aromatic carbocycles. The second-order valence-corrected chi connectivity index (χ2v) is 3.81. The normalized spacial score (nSPS) is 22.1. The van der Waals surface area contributed by atoms with Crippen LogP contribution in [-0.2, 0) is 4.79 Å². The number of hydrogen-bond acceptors (Lipinski definition) is 1. The van der Waals surface area contributed by atoms with E-state index in [4.69, 9.17) is 0 Å². The third-order valence-electron chi connectivity index (χ3n) is 2.71. The van der Waals surface area contributed by atoms with E-state index in [-0.39, 0.29) is 0 Å². The lowest BCUT2D eigenvalue weighted by Gasteiger charge is -2.31. The smallest absolute Gasteiger partial charge is 0.222 e. The van der Waals surface area contributed by atoms with Crippen molar-refractivity contribution < 1.29 is 4.79 Å². The Hall–Kier alpha value is -1.05. The van der Waals surface area contributed by atoms with Gasteiger partial charge in [-0.3, -0.25) is 4.79 Å². The first-order valence-corrected chi connectivity index (χ1v) is 5.29. The van der Waals surface area contributed by atoms with Crippen molar-refractivity contribution in [1.82, 2.24) is 4.90 Å². The van der Waals surface area contributed by atoms with Gasteiger partial charge < -0.3 is 4.90 Å². The summed E-state index contributed by atoms with van der Waals surface area (Å²) in [5, 5.41) is 0. The molecule has 0 aliphatic carbocycles. The van der Waals surface area contributed by atoms with Crippen molar-refractivity contribution in [3.8, 4) is 0 Å². The molecule has 0 saturated carbocycles. The Bertz CT molecular complexity index is 222. The van der Waals surface area contributed by atoms with Crippen LogP contribution in [0.3, 0.4) is 0 Å². The Morgan fingerprint density at radius 1 is 1.50 bits per heavy atom. The van der Waals surface area contributed by atoms with Crippen LogP contribution in [-0.4, -0.2) is 23.9 Å². The van der Waals surface area contributed by atoms with Gasteiger partial charge in [0.15, 0.2) is 0 Å². The van der Waals surface area contributed by atoms with Crippen LogP contribution >= 0.6 is 0 Å². The van der Waals surface area contributed by atoms with E-state index < -0.39 is 0 Å². The fraction of sp³-hybridized carbons (Fsp3) is 0.583. The summed E-state index contributed by atoms with van der Waals surface area (Å²) in [6.07, 6.45) is 7.54. The van der Waals surface area contributed by atoms with Crippen LogP contribution in [0.5, 0.6) is 0 Å². The molecule has 78 valence electrons. The van der Waals surface area contributed by atoms with Crippen LogP contribution in [0.1, 0.15) is 25.7 Å². The lowest BCUT2D eigenvalue weighted by molar-refractivity contribution is -0.134. The second kappa shape index (κ2) is 5.63. The molecule has 1 aliphatic heterocycles. The van der Waals surface area contributed by atoms with Gasteiger partial charge >= 0.3 is 0 Å². The fourth-order valence-electron chi connectivity index (χ4n) is 1.78. The standard InChI is InChI=1S/C12H19NO/c1-3-5-6-9-13-10-11(4-2)7-8-12(13)14/h3-4,11H,1-2,5-10H2. The molecule has 0 radical (unpaired) electrons. The predicted molar refractivity (Wildman–Crippen MR) is 58.9 cm³/mol. The van der Waals surface area contributed by atoms with E-state index in [0.717, 1.165) is 32.4 Å². The first-order valence-electron chi connectivity index (χ1n) is 5.29. The Kier molecular flexibility index (Phi) is 4.44. The van der Waals surface area contributed by atoms with Crippen molar-refractivity contribution in [1.29, 1.82) is 0 Å². The number of allylic oxidation sites excluding steroid dienone is 1. The molecule has 1 rings (SSSR count). The summed E-state index contributed by atoms with van der Waals surface area (Å²) < 4.78 is 0. The summed E-state index contributed by atoms with van der Waals surface area (Å²) in [6.45, 7) is 9.19. The van der Waals surface area contributed by atoms with Crippen LogP contribution in [0.4, 0.5) is 0 Å². The number of carbonyl (C=O) groups excluding carboxylic acids is 1. The highest BCUT2D eigenvalue weighted by atomic mass is 16.2. The largest absolute Gasteiger partial charge is 0.342 e. The van der Waals surface area contributed by atoms with Gasteiger partial charge in [-0.25, -0.2) is 0 Å². The molecule has 2 nitrogen and oxygen atoms in total. The molecule has 1 aliphatic rings. The third-order valence-corrected chi connectivity index (χ3v) is 2.71. The van der Waals surface area contributed by atoms with Crippen molar-refractivity contribution in [3.63, 3.8) is 0 Å². The van der Waals surface area contributed by atoms with Crippen molar-refractivity contribution >= 4 is 5.91 Å².